The average Bonchev–Trinajstić information content (AvgIpc) is 2.91. The molecule has 0 aliphatic heterocycles. The van der Waals surface area contributed by atoms with Crippen molar-refractivity contribution in [2.45, 2.75) is 13.2 Å². The van der Waals surface area contributed by atoms with Crippen molar-refractivity contribution in [3.63, 3.8) is 0 Å². The zero-order valence-electron chi connectivity index (χ0n) is 10.0. The number of esters is 1. The molecule has 0 aliphatic carbocycles. The van der Waals surface area contributed by atoms with Gasteiger partial charge < -0.3 is 9.84 Å². The highest BCUT2D eigenvalue weighted by Crippen LogP contribution is 2.14. The third-order valence-electron chi connectivity index (χ3n) is 2.69. The lowest BCUT2D eigenvalue weighted by Crippen LogP contribution is -2.07. The maximum atomic E-state index is 11.4. The van der Waals surface area contributed by atoms with Gasteiger partial charge in [0.25, 0.3) is 0 Å². The maximum absolute atomic E-state index is 11.4. The third kappa shape index (κ3) is 2.57. The van der Waals surface area contributed by atoms with Gasteiger partial charge in [-0.2, -0.15) is 5.10 Å². The molecule has 0 unspecified atom stereocenters. The van der Waals surface area contributed by atoms with Gasteiger partial charge in [-0.3, -0.25) is 4.68 Å². The largest absolute Gasteiger partial charge is 0.465 e. The number of aromatic nitrogens is 2. The number of methoxy groups -OCH3 is 1. The molecule has 94 valence electrons. The smallest absolute Gasteiger partial charge is 0.337 e. The Bertz CT molecular complexity index is 535. The Labute approximate surface area is 105 Å². The first kappa shape index (κ1) is 12.3. The van der Waals surface area contributed by atoms with E-state index in [9.17, 15) is 9.90 Å². The third-order valence-corrected chi connectivity index (χ3v) is 2.69. The summed E-state index contributed by atoms with van der Waals surface area (Å²) in [4.78, 5) is 11.4. The zero-order chi connectivity index (χ0) is 13.0. The first-order valence-electron chi connectivity index (χ1n) is 5.53. The minimum Gasteiger partial charge on any atom is -0.465 e. The van der Waals surface area contributed by atoms with Gasteiger partial charge >= 0.3 is 5.97 Å². The summed E-state index contributed by atoms with van der Waals surface area (Å²) in [5.74, 6) is -0.407. The SMILES string of the molecule is COC(=O)c1ccc(Cn2cccn2)c(CO)c1. The van der Waals surface area contributed by atoms with E-state index in [4.69, 9.17) is 0 Å². The monoisotopic (exact) mass is 246 g/mol. The quantitative estimate of drug-likeness (QED) is 0.823. The van der Waals surface area contributed by atoms with E-state index in [0.29, 0.717) is 17.7 Å². The zero-order valence-corrected chi connectivity index (χ0v) is 10.0. The summed E-state index contributed by atoms with van der Waals surface area (Å²) < 4.78 is 6.40. The van der Waals surface area contributed by atoms with E-state index in [2.05, 4.69) is 9.84 Å². The Hall–Kier alpha value is -2.14. The van der Waals surface area contributed by atoms with Gasteiger partial charge in [0, 0.05) is 12.4 Å². The molecule has 0 aliphatic rings. The molecule has 1 aromatic heterocycles. The fourth-order valence-electron chi connectivity index (χ4n) is 1.74. The van der Waals surface area contributed by atoms with E-state index < -0.39 is 5.97 Å². The van der Waals surface area contributed by atoms with Gasteiger partial charge in [0.05, 0.1) is 25.8 Å². The molecule has 18 heavy (non-hydrogen) atoms. The van der Waals surface area contributed by atoms with Gasteiger partial charge in [-0.05, 0) is 29.3 Å². The second kappa shape index (κ2) is 5.46. The lowest BCUT2D eigenvalue weighted by atomic mass is 10.0. The molecule has 2 aromatic rings. The van der Waals surface area contributed by atoms with Crippen LogP contribution in [-0.4, -0.2) is 28.0 Å². The van der Waals surface area contributed by atoms with Crippen LogP contribution in [0.1, 0.15) is 21.5 Å². The summed E-state index contributed by atoms with van der Waals surface area (Å²) in [5.41, 5.74) is 2.06. The molecule has 0 radical (unpaired) electrons. The highest BCUT2D eigenvalue weighted by Gasteiger charge is 2.09. The summed E-state index contributed by atoms with van der Waals surface area (Å²) in [7, 11) is 1.33. The lowest BCUT2D eigenvalue weighted by molar-refractivity contribution is 0.0600. The fourth-order valence-corrected chi connectivity index (χ4v) is 1.74. The Morgan fingerprint density at radius 1 is 1.44 bits per heavy atom. The molecule has 0 spiro atoms. The van der Waals surface area contributed by atoms with Gasteiger partial charge in [-0.1, -0.05) is 6.07 Å². The molecule has 0 bridgehead atoms. The van der Waals surface area contributed by atoms with Crippen LogP contribution in [0.4, 0.5) is 0 Å². The van der Waals surface area contributed by atoms with E-state index in [1.807, 2.05) is 12.3 Å². The minimum absolute atomic E-state index is 0.124. The summed E-state index contributed by atoms with van der Waals surface area (Å²) >= 11 is 0. The number of benzene rings is 1. The highest BCUT2D eigenvalue weighted by molar-refractivity contribution is 5.89. The van der Waals surface area contributed by atoms with Crippen LogP contribution in [0.5, 0.6) is 0 Å². The molecular weight excluding hydrogens is 232 g/mol. The molecule has 1 heterocycles. The van der Waals surface area contributed by atoms with Crippen LogP contribution < -0.4 is 0 Å². The van der Waals surface area contributed by atoms with Crippen LogP contribution in [0.15, 0.2) is 36.7 Å². The number of hydrogen-bond donors (Lipinski definition) is 1. The molecule has 0 saturated carbocycles. The molecule has 5 heteroatoms. The maximum Gasteiger partial charge on any atom is 0.337 e. The van der Waals surface area contributed by atoms with Crippen LogP contribution in [0.3, 0.4) is 0 Å². The van der Waals surface area contributed by atoms with Crippen molar-refractivity contribution < 1.29 is 14.6 Å². The van der Waals surface area contributed by atoms with Gasteiger partial charge in [-0.25, -0.2) is 4.79 Å². The van der Waals surface area contributed by atoms with Crippen molar-refractivity contribution in [3.8, 4) is 0 Å². The first-order chi connectivity index (χ1) is 8.74. The molecule has 5 nitrogen and oxygen atoms in total. The highest BCUT2D eigenvalue weighted by atomic mass is 16.5. The van der Waals surface area contributed by atoms with Crippen molar-refractivity contribution in [1.29, 1.82) is 0 Å². The molecule has 1 aromatic carbocycles. The number of ether oxygens (including phenoxy) is 1. The minimum atomic E-state index is -0.407. The molecule has 0 saturated heterocycles. The molecule has 1 N–H and O–H groups in total. The van der Waals surface area contributed by atoms with Crippen LogP contribution >= 0.6 is 0 Å². The van der Waals surface area contributed by atoms with E-state index in [1.54, 1.807) is 29.1 Å². The number of carbonyl (C=O) groups excluding carboxylic acids is 1. The Morgan fingerprint density at radius 3 is 2.89 bits per heavy atom. The second-order valence-corrected chi connectivity index (χ2v) is 3.84. The number of hydrogen-bond acceptors (Lipinski definition) is 4. The number of carbonyl (C=O) groups is 1. The van der Waals surface area contributed by atoms with Crippen LogP contribution in [0, 0.1) is 0 Å². The van der Waals surface area contributed by atoms with Gasteiger partial charge in [0.15, 0.2) is 0 Å². The average molecular weight is 246 g/mol. The Morgan fingerprint density at radius 2 is 2.28 bits per heavy atom. The number of nitrogens with zero attached hydrogens (tertiary/aromatic N) is 2. The van der Waals surface area contributed by atoms with E-state index in [-0.39, 0.29) is 6.61 Å². The van der Waals surface area contributed by atoms with E-state index in [0.717, 1.165) is 5.56 Å². The van der Waals surface area contributed by atoms with Crippen LogP contribution in [0.25, 0.3) is 0 Å². The summed E-state index contributed by atoms with van der Waals surface area (Å²) in [5, 5.41) is 13.4. The topological polar surface area (TPSA) is 64.4 Å². The predicted octanol–water partition coefficient (Wildman–Crippen LogP) is 1.21. The first-order valence-corrected chi connectivity index (χ1v) is 5.53. The molecular formula is C13H14N2O3. The van der Waals surface area contributed by atoms with Crippen molar-refractivity contribution in [2.75, 3.05) is 7.11 Å². The lowest BCUT2D eigenvalue weighted by Gasteiger charge is -2.09. The van der Waals surface area contributed by atoms with Gasteiger partial charge in [0.1, 0.15) is 0 Å². The van der Waals surface area contributed by atoms with Crippen molar-refractivity contribution in [1.82, 2.24) is 9.78 Å². The second-order valence-electron chi connectivity index (χ2n) is 3.84. The number of aliphatic hydroxyl groups is 1. The fraction of sp³-hybridized carbons (Fsp3) is 0.231. The van der Waals surface area contributed by atoms with Crippen molar-refractivity contribution >= 4 is 5.97 Å². The number of rotatable bonds is 4. The predicted molar refractivity (Wildman–Crippen MR) is 65.0 cm³/mol. The normalized spacial score (nSPS) is 10.3. The summed E-state index contributed by atoms with van der Waals surface area (Å²) in [6.45, 7) is 0.436. The van der Waals surface area contributed by atoms with Gasteiger partial charge in [0.2, 0.25) is 0 Å². The summed E-state index contributed by atoms with van der Waals surface area (Å²) in [6.07, 6.45) is 3.54. The van der Waals surface area contributed by atoms with Crippen LogP contribution in [-0.2, 0) is 17.9 Å². The van der Waals surface area contributed by atoms with Crippen molar-refractivity contribution in [2.24, 2.45) is 0 Å². The Balaban J connectivity index is 2.28. The molecule has 0 fully saturated rings. The van der Waals surface area contributed by atoms with E-state index >= 15 is 0 Å². The number of aliphatic hydroxyl groups excluding tert-OH is 1. The molecule has 0 amide bonds. The summed E-state index contributed by atoms with van der Waals surface area (Å²) in [6, 6.07) is 6.97. The molecule has 0 atom stereocenters. The standard InChI is InChI=1S/C13H14N2O3/c1-18-13(17)10-3-4-11(12(7-10)9-16)8-15-6-2-5-14-15/h2-7,16H,8-9H2,1H3. The van der Waals surface area contributed by atoms with Crippen LogP contribution in [0.2, 0.25) is 0 Å². The Kier molecular flexibility index (Phi) is 3.74. The van der Waals surface area contributed by atoms with Gasteiger partial charge in [-0.15, -0.1) is 0 Å². The van der Waals surface area contributed by atoms with E-state index in [1.165, 1.54) is 7.11 Å². The molecule has 2 rings (SSSR count). The van der Waals surface area contributed by atoms with Crippen molar-refractivity contribution in [3.05, 3.63) is 53.3 Å².